The number of carbonyl (C=O) groups is 1. The van der Waals surface area contributed by atoms with Crippen LogP contribution in [0, 0.1) is 0 Å². The molecule has 4 aromatic carbocycles. The summed E-state index contributed by atoms with van der Waals surface area (Å²) in [6, 6.07) is 28.7. The molecule has 0 atom stereocenters. The van der Waals surface area contributed by atoms with Crippen molar-refractivity contribution in [1.82, 2.24) is 4.90 Å². The molecule has 5 rings (SSSR count). The third kappa shape index (κ3) is 5.99. The number of benzene rings is 4. The van der Waals surface area contributed by atoms with Crippen LogP contribution >= 0.6 is 23.2 Å². The number of carbonyl (C=O) groups excluding carboxylic acids is 1. The second kappa shape index (κ2) is 11.2. The van der Waals surface area contributed by atoms with E-state index in [0.29, 0.717) is 11.6 Å². The smallest absolute Gasteiger partial charge is 0.289 e. The van der Waals surface area contributed by atoms with E-state index < -0.39 is 23.2 Å². The second-order valence-electron chi connectivity index (χ2n) is 9.75. The van der Waals surface area contributed by atoms with Crippen LogP contribution < -0.4 is 0 Å². The summed E-state index contributed by atoms with van der Waals surface area (Å²) in [7, 11) is 0. The monoisotopic (exact) mass is 583 g/mol. The van der Waals surface area contributed by atoms with E-state index >= 15 is 4.39 Å². The number of rotatable bonds is 7. The highest BCUT2D eigenvalue weighted by Gasteiger charge is 2.48. The van der Waals surface area contributed by atoms with Crippen molar-refractivity contribution in [2.24, 2.45) is 0 Å². The average Bonchev–Trinajstić information content (AvgIpc) is 2.91. The number of halogens is 6. The summed E-state index contributed by atoms with van der Waals surface area (Å²) < 4.78 is 57.4. The largest absolute Gasteiger partial charge is 0.417 e. The Labute approximate surface area is 239 Å². The van der Waals surface area contributed by atoms with Crippen LogP contribution in [-0.2, 0) is 5.67 Å². The van der Waals surface area contributed by atoms with Gasteiger partial charge in [-0.15, -0.1) is 0 Å². The van der Waals surface area contributed by atoms with Gasteiger partial charge in [0.05, 0.1) is 11.6 Å². The molecule has 0 aliphatic carbocycles. The van der Waals surface area contributed by atoms with E-state index in [9.17, 15) is 18.0 Å². The van der Waals surface area contributed by atoms with Crippen LogP contribution in [0.3, 0.4) is 0 Å². The van der Waals surface area contributed by atoms with Crippen molar-refractivity contribution in [2.75, 3.05) is 13.1 Å². The van der Waals surface area contributed by atoms with Gasteiger partial charge in [0.25, 0.3) is 0 Å². The maximum absolute atomic E-state index is 16.0. The van der Waals surface area contributed by atoms with Gasteiger partial charge in [-0.2, -0.15) is 13.2 Å². The molecule has 1 fully saturated rings. The maximum atomic E-state index is 16.0. The fourth-order valence-electron chi connectivity index (χ4n) is 5.03. The van der Waals surface area contributed by atoms with E-state index in [4.69, 9.17) is 23.2 Å². The van der Waals surface area contributed by atoms with E-state index in [2.05, 4.69) is 0 Å². The highest BCUT2D eigenvalue weighted by molar-refractivity contribution is 6.35. The molecule has 0 N–H and O–H groups in total. The molecule has 0 radical (unpaired) electrons. The molecule has 1 saturated heterocycles. The number of hydrogen-bond donors (Lipinski definition) is 0. The SMILES string of the molecule is O=C(C=C(c1cc(Cl)cc(Cl)c1)C(F)(F)F)c1ccc(C2(F)CN(C(c3ccccc3)c3ccccc3)C2)cc1. The molecule has 0 saturated carbocycles. The zero-order valence-corrected chi connectivity index (χ0v) is 22.5. The minimum atomic E-state index is -4.82. The molecule has 0 spiro atoms. The number of allylic oxidation sites excluding steroid dienone is 2. The van der Waals surface area contributed by atoms with Gasteiger partial charge in [0.15, 0.2) is 11.5 Å². The van der Waals surface area contributed by atoms with Crippen LogP contribution in [0.25, 0.3) is 5.57 Å². The van der Waals surface area contributed by atoms with Crippen LogP contribution in [0.5, 0.6) is 0 Å². The summed E-state index contributed by atoms with van der Waals surface area (Å²) in [5, 5.41) is 0.0259. The van der Waals surface area contributed by atoms with E-state index in [-0.39, 0.29) is 40.3 Å². The highest BCUT2D eigenvalue weighted by atomic mass is 35.5. The lowest BCUT2D eigenvalue weighted by Crippen LogP contribution is -2.57. The predicted octanol–water partition coefficient (Wildman–Crippen LogP) is 9.09. The fourth-order valence-corrected chi connectivity index (χ4v) is 5.56. The quantitative estimate of drug-likeness (QED) is 0.123. The molecule has 0 aromatic heterocycles. The molecule has 0 bridgehead atoms. The zero-order valence-electron chi connectivity index (χ0n) is 21.0. The van der Waals surface area contributed by atoms with Gasteiger partial charge in [-0.05, 0) is 46.5 Å². The first-order valence-corrected chi connectivity index (χ1v) is 13.2. The van der Waals surface area contributed by atoms with Gasteiger partial charge < -0.3 is 0 Å². The number of hydrogen-bond acceptors (Lipinski definition) is 2. The third-order valence-electron chi connectivity index (χ3n) is 6.94. The Hall–Kier alpha value is -3.45. The highest BCUT2D eigenvalue weighted by Crippen LogP contribution is 2.43. The molecule has 4 aromatic rings. The number of nitrogens with zero attached hydrogens (tertiary/aromatic N) is 1. The van der Waals surface area contributed by atoms with Crippen LogP contribution in [0.1, 0.15) is 38.7 Å². The van der Waals surface area contributed by atoms with Crippen LogP contribution in [0.15, 0.2) is 109 Å². The molecule has 2 nitrogen and oxygen atoms in total. The van der Waals surface area contributed by atoms with E-state index in [1.165, 1.54) is 30.3 Å². The average molecular weight is 584 g/mol. The first-order chi connectivity index (χ1) is 19.0. The summed E-state index contributed by atoms with van der Waals surface area (Å²) in [6.07, 6.45) is -4.31. The van der Waals surface area contributed by atoms with Gasteiger partial charge in [0.2, 0.25) is 0 Å². The first kappa shape index (κ1) is 28.1. The van der Waals surface area contributed by atoms with E-state index in [0.717, 1.165) is 23.3 Å². The molecule has 0 unspecified atom stereocenters. The molecule has 204 valence electrons. The Balaban J connectivity index is 1.36. The Morgan fingerprint density at radius 2 is 1.27 bits per heavy atom. The molecule has 1 aliphatic heterocycles. The Kier molecular flexibility index (Phi) is 7.87. The Morgan fingerprint density at radius 1 is 0.775 bits per heavy atom. The fraction of sp³-hybridized carbons (Fsp3) is 0.156. The lowest BCUT2D eigenvalue weighted by molar-refractivity contribution is -0.0689. The van der Waals surface area contributed by atoms with Crippen LogP contribution in [0.4, 0.5) is 17.6 Å². The molecular formula is C32H23Cl2F4NO. The molecule has 1 aliphatic rings. The van der Waals surface area contributed by atoms with Gasteiger partial charge >= 0.3 is 6.18 Å². The molecule has 0 amide bonds. The number of ketones is 1. The topological polar surface area (TPSA) is 20.3 Å². The van der Waals surface area contributed by atoms with Crippen LogP contribution in [-0.4, -0.2) is 29.9 Å². The standard InChI is InChI=1S/C32H23Cl2F4NO/c33-26-15-24(16-27(34)17-26)28(32(36,37)38)18-29(40)21-11-13-25(14-12-21)31(35)19-39(20-31)30(22-7-3-1-4-8-22)23-9-5-2-6-10-23/h1-18,30H,19-20H2. The minimum Gasteiger partial charge on any atom is -0.289 e. The van der Waals surface area contributed by atoms with Crippen LogP contribution in [0.2, 0.25) is 10.0 Å². The van der Waals surface area contributed by atoms with Crippen molar-refractivity contribution < 1.29 is 22.4 Å². The third-order valence-corrected chi connectivity index (χ3v) is 7.38. The number of alkyl halides is 4. The van der Waals surface area contributed by atoms with E-state index in [1.54, 1.807) is 0 Å². The molecule has 40 heavy (non-hydrogen) atoms. The van der Waals surface area contributed by atoms with Crippen molar-refractivity contribution in [3.05, 3.63) is 147 Å². The lowest BCUT2D eigenvalue weighted by atomic mass is 9.83. The van der Waals surface area contributed by atoms with Crippen molar-refractivity contribution in [3.63, 3.8) is 0 Å². The minimum absolute atomic E-state index is 0.00449. The van der Waals surface area contributed by atoms with Crippen molar-refractivity contribution >= 4 is 34.6 Å². The van der Waals surface area contributed by atoms with E-state index in [1.807, 2.05) is 65.6 Å². The van der Waals surface area contributed by atoms with Gasteiger partial charge in [0, 0.05) is 28.7 Å². The molecule has 1 heterocycles. The van der Waals surface area contributed by atoms with Gasteiger partial charge in [0.1, 0.15) is 0 Å². The molecule has 8 heteroatoms. The maximum Gasteiger partial charge on any atom is 0.417 e. The summed E-state index contributed by atoms with van der Waals surface area (Å²) in [6.45, 7) is 0.255. The molecular weight excluding hydrogens is 561 g/mol. The second-order valence-corrected chi connectivity index (χ2v) is 10.6. The van der Waals surface area contributed by atoms with Gasteiger partial charge in [-0.3, -0.25) is 9.69 Å². The normalized spacial score (nSPS) is 15.6. The van der Waals surface area contributed by atoms with Gasteiger partial charge in [-0.25, -0.2) is 4.39 Å². The van der Waals surface area contributed by atoms with Crippen molar-refractivity contribution in [3.8, 4) is 0 Å². The summed E-state index contributed by atoms with van der Waals surface area (Å²) in [4.78, 5) is 14.8. The Morgan fingerprint density at radius 3 is 1.75 bits per heavy atom. The summed E-state index contributed by atoms with van der Waals surface area (Å²) in [5.74, 6) is -0.869. The van der Waals surface area contributed by atoms with Gasteiger partial charge in [-0.1, -0.05) is 108 Å². The number of likely N-dealkylation sites (tertiary alicyclic amines) is 1. The first-order valence-electron chi connectivity index (χ1n) is 12.5. The summed E-state index contributed by atoms with van der Waals surface area (Å²) >= 11 is 11.7. The summed E-state index contributed by atoms with van der Waals surface area (Å²) in [5.41, 5.74) is -0.691. The zero-order chi connectivity index (χ0) is 28.5. The Bertz CT molecular complexity index is 1470. The van der Waals surface area contributed by atoms with Crippen molar-refractivity contribution in [1.29, 1.82) is 0 Å². The van der Waals surface area contributed by atoms with Crippen molar-refractivity contribution in [2.45, 2.75) is 17.9 Å². The predicted molar refractivity (Wildman–Crippen MR) is 150 cm³/mol. The lowest BCUT2D eigenvalue weighted by Gasteiger charge is -2.49.